The van der Waals surface area contributed by atoms with Crippen molar-refractivity contribution in [2.24, 2.45) is 0 Å². The predicted octanol–water partition coefficient (Wildman–Crippen LogP) is 3.96. The SMILES string of the molecule is C#CC#CC#CC#CC(=O)OC[C@H](COP(=O)(O)OC1C(O)[C@@H](OP(=O)(O)O)C(OP(=O)(O)O)[C@@H](O)[C@H]1O)OC(=O)CCCCCCCCCCCCCCC.S.[HH].[HH].[HH].[HH].[HH].[HH].[HH]. The van der Waals surface area contributed by atoms with Gasteiger partial charge in [0.2, 0.25) is 0 Å². The molecule has 23 heteroatoms. The molecule has 4 unspecified atom stereocenters. The number of aliphatic hydroxyl groups excluding tert-OH is 3. The third kappa shape index (κ3) is 25.8. The number of esters is 2. The predicted molar refractivity (Wildman–Crippen MR) is 221 cm³/mol. The Morgan fingerprint density at radius 1 is 0.649 bits per heavy atom. The highest BCUT2D eigenvalue weighted by Gasteiger charge is 2.56. The van der Waals surface area contributed by atoms with E-state index in [1.54, 1.807) is 0 Å². The zero-order valence-electron chi connectivity index (χ0n) is 31.3. The summed E-state index contributed by atoms with van der Waals surface area (Å²) in [5.41, 5.74) is 0. The molecule has 1 fully saturated rings. The van der Waals surface area contributed by atoms with Crippen LogP contribution in [-0.4, -0.2) is 108 Å². The summed E-state index contributed by atoms with van der Waals surface area (Å²) in [6.07, 6.45) is 2.10. The maximum Gasteiger partial charge on any atom is 0.472 e. The van der Waals surface area contributed by atoms with Gasteiger partial charge in [0.15, 0.2) is 6.10 Å². The molecule has 8 atom stereocenters. The van der Waals surface area contributed by atoms with Crippen LogP contribution in [0.1, 0.15) is 107 Å². The van der Waals surface area contributed by atoms with Gasteiger partial charge in [-0.1, -0.05) is 84.0 Å². The third-order valence-corrected chi connectivity index (χ3v) is 9.91. The zero-order chi connectivity index (χ0) is 42.2. The fraction of sp³-hybridized carbons (Fsp3) is 0.706. The Kier molecular flexibility index (Phi) is 27.9. The number of hydrogen-bond donors (Lipinski definition) is 8. The van der Waals surface area contributed by atoms with Crippen molar-refractivity contribution in [1.82, 2.24) is 0 Å². The van der Waals surface area contributed by atoms with E-state index in [4.69, 9.17) is 34.7 Å². The van der Waals surface area contributed by atoms with Crippen LogP contribution in [0.15, 0.2) is 0 Å². The van der Waals surface area contributed by atoms with Gasteiger partial charge in [0.1, 0.15) is 43.2 Å². The van der Waals surface area contributed by atoms with Crippen LogP contribution in [-0.2, 0) is 50.9 Å². The van der Waals surface area contributed by atoms with Crippen LogP contribution < -0.4 is 0 Å². The molecule has 0 saturated heterocycles. The van der Waals surface area contributed by atoms with E-state index in [9.17, 15) is 53.3 Å². The van der Waals surface area contributed by atoms with Gasteiger partial charge in [0.25, 0.3) is 0 Å². The lowest BCUT2D eigenvalue weighted by molar-refractivity contribution is -0.213. The first-order valence-corrected chi connectivity index (χ1v) is 22.4. The minimum Gasteiger partial charge on any atom is -0.456 e. The van der Waals surface area contributed by atoms with Crippen LogP contribution in [0.4, 0.5) is 0 Å². The number of rotatable bonds is 26. The number of phosphoric ester groups is 3. The van der Waals surface area contributed by atoms with Gasteiger partial charge < -0.3 is 49.3 Å². The minimum absolute atomic E-state index is 0. The molecule has 8 N–H and O–H groups in total. The average Bonchev–Trinajstić information content (AvgIpc) is 3.11. The summed E-state index contributed by atoms with van der Waals surface area (Å²) in [4.78, 5) is 71.9. The summed E-state index contributed by atoms with van der Waals surface area (Å²) in [5, 5.41) is 31.5. The van der Waals surface area contributed by atoms with E-state index in [-0.39, 0.29) is 29.9 Å². The number of carbonyl (C=O) groups is 2. The normalized spacial score (nSPS) is 22.0. The standard InChI is InChI=1S/C34H51O19P3.H2S.7H2/c1-3-5-7-9-11-12-13-14-15-16-17-19-21-23-28(36)50-26(24-48-27(35)22-20-18-10-8-6-4-2)25-49-56(46,47)53-32-29(37)30(38)33(51-54(40,41)42)34(31(32)39)52-55(43,44)45;;;;;;;;/h2,26,29-34,37-39H,3,5,7,9,11-17,19,21,23-25H2,1H3,(H,46,47)(H2,40,41,42)(H2,43,44,45);1H2;7*1H/t26-,29-,30+,31?,32?,33?,34-;;;;;;;;/m1......../s1. The summed E-state index contributed by atoms with van der Waals surface area (Å²) in [6, 6.07) is 0. The molecule has 1 rings (SSSR count). The van der Waals surface area contributed by atoms with Crippen LogP contribution in [0.3, 0.4) is 0 Å². The summed E-state index contributed by atoms with van der Waals surface area (Å²) in [6.45, 7) is 0.396. The largest absolute Gasteiger partial charge is 0.472 e. The van der Waals surface area contributed by atoms with E-state index in [1.807, 2.05) is 11.8 Å². The Morgan fingerprint density at radius 2 is 1.11 bits per heavy atom. The van der Waals surface area contributed by atoms with Gasteiger partial charge >= 0.3 is 35.4 Å². The van der Waals surface area contributed by atoms with Gasteiger partial charge in [-0.2, -0.15) is 13.5 Å². The Bertz CT molecular complexity index is 1640. The highest BCUT2D eigenvalue weighted by molar-refractivity contribution is 7.59. The number of phosphoric acid groups is 3. The number of hydrogen-bond acceptors (Lipinski definition) is 14. The molecule has 0 aliphatic heterocycles. The Hall–Kier alpha value is -2.26. The van der Waals surface area contributed by atoms with E-state index in [0.717, 1.165) is 32.1 Å². The Balaban J connectivity index is -0.000000653. The lowest BCUT2D eigenvalue weighted by atomic mass is 9.85. The van der Waals surface area contributed by atoms with Crippen molar-refractivity contribution in [3.8, 4) is 47.9 Å². The fourth-order valence-corrected chi connectivity index (χ4v) is 7.38. The lowest BCUT2D eigenvalue weighted by Crippen LogP contribution is -2.65. The van der Waals surface area contributed by atoms with Crippen molar-refractivity contribution in [3.63, 3.8) is 0 Å². The Morgan fingerprint density at radius 3 is 1.61 bits per heavy atom. The van der Waals surface area contributed by atoms with Crippen molar-refractivity contribution in [3.05, 3.63) is 0 Å². The van der Waals surface area contributed by atoms with Crippen LogP contribution in [0.2, 0.25) is 0 Å². The van der Waals surface area contributed by atoms with Crippen molar-refractivity contribution < 1.29 is 101 Å². The van der Waals surface area contributed by atoms with E-state index < -0.39 is 91.3 Å². The highest BCUT2D eigenvalue weighted by atomic mass is 32.1. The van der Waals surface area contributed by atoms with Crippen molar-refractivity contribution in [2.45, 2.75) is 140 Å². The molecule has 1 aliphatic rings. The number of aliphatic hydroxyl groups is 3. The maximum absolute atomic E-state index is 12.9. The molecule has 0 heterocycles. The van der Waals surface area contributed by atoms with E-state index in [1.165, 1.54) is 44.9 Å². The molecule has 0 bridgehead atoms. The summed E-state index contributed by atoms with van der Waals surface area (Å²) in [7, 11) is -16.7. The van der Waals surface area contributed by atoms with Gasteiger partial charge in [-0.05, 0) is 41.9 Å². The molecule has 0 aromatic rings. The monoisotopic (exact) mass is 904 g/mol. The van der Waals surface area contributed by atoms with Crippen LogP contribution in [0, 0.1) is 47.9 Å². The molecule has 57 heavy (non-hydrogen) atoms. The molecule has 1 aliphatic carbocycles. The molecular weight excluding hydrogens is 837 g/mol. The minimum atomic E-state index is -5.62. The quantitative estimate of drug-likeness (QED) is 0.0200. The highest BCUT2D eigenvalue weighted by Crippen LogP contribution is 2.51. The number of ether oxygens (including phenoxy) is 2. The summed E-state index contributed by atoms with van der Waals surface area (Å²) >= 11 is 0. The van der Waals surface area contributed by atoms with Crippen LogP contribution in [0.5, 0.6) is 0 Å². The maximum atomic E-state index is 12.9. The molecular formula is C34H67O19P3S. The lowest BCUT2D eigenvalue weighted by Gasteiger charge is -2.44. The second-order valence-electron chi connectivity index (χ2n) is 12.5. The first kappa shape index (κ1) is 54.7. The third-order valence-electron chi connectivity index (χ3n) is 7.89. The van der Waals surface area contributed by atoms with E-state index in [0.29, 0.717) is 6.42 Å². The van der Waals surface area contributed by atoms with Gasteiger partial charge in [-0.3, -0.25) is 22.9 Å². The zero-order valence-corrected chi connectivity index (χ0v) is 35.0. The first-order valence-electron chi connectivity index (χ1n) is 17.8. The van der Waals surface area contributed by atoms with Crippen molar-refractivity contribution in [2.75, 3.05) is 13.2 Å². The molecule has 0 aromatic carbocycles. The van der Waals surface area contributed by atoms with E-state index in [2.05, 4.69) is 45.6 Å². The molecule has 0 aromatic heterocycles. The van der Waals surface area contributed by atoms with Crippen LogP contribution >= 0.6 is 37.0 Å². The smallest absolute Gasteiger partial charge is 0.456 e. The van der Waals surface area contributed by atoms with Gasteiger partial charge in [0.05, 0.1) is 6.61 Å². The fourth-order valence-electron chi connectivity index (χ4n) is 5.28. The molecule has 0 radical (unpaired) electrons. The summed E-state index contributed by atoms with van der Waals surface area (Å²) < 4.78 is 64.2. The van der Waals surface area contributed by atoms with Crippen molar-refractivity contribution >= 4 is 48.9 Å². The molecule has 19 nitrogen and oxygen atoms in total. The van der Waals surface area contributed by atoms with Gasteiger partial charge in [0, 0.05) is 22.3 Å². The second-order valence-corrected chi connectivity index (χ2v) is 16.3. The van der Waals surface area contributed by atoms with Crippen LogP contribution in [0.25, 0.3) is 0 Å². The van der Waals surface area contributed by atoms with E-state index >= 15 is 0 Å². The number of unbranched alkanes of at least 4 members (excludes halogenated alkanes) is 12. The van der Waals surface area contributed by atoms with Gasteiger partial charge in [-0.25, -0.2) is 18.5 Å². The molecule has 0 amide bonds. The number of terminal acetylenes is 1. The summed E-state index contributed by atoms with van der Waals surface area (Å²) in [5.74, 6) is 13.2. The molecule has 0 spiro atoms. The second kappa shape index (κ2) is 29.0. The molecule has 338 valence electrons. The average molecular weight is 905 g/mol. The Labute approximate surface area is 349 Å². The van der Waals surface area contributed by atoms with Crippen molar-refractivity contribution in [1.29, 1.82) is 0 Å². The topological polar surface area (TPSA) is 303 Å². The molecule has 1 saturated carbocycles. The number of carbonyl (C=O) groups excluding carboxylic acids is 2. The first-order chi connectivity index (χ1) is 26.3. The van der Waals surface area contributed by atoms with Gasteiger partial charge in [-0.15, -0.1) is 6.42 Å².